The van der Waals surface area contributed by atoms with E-state index in [2.05, 4.69) is 21.2 Å². The van der Waals surface area contributed by atoms with Crippen LogP contribution in [0.1, 0.15) is 21.2 Å². The Morgan fingerprint density at radius 3 is 2.46 bits per heavy atom. The summed E-state index contributed by atoms with van der Waals surface area (Å²) < 4.78 is 44.6. The van der Waals surface area contributed by atoms with Crippen LogP contribution in [0.4, 0.5) is 18.9 Å². The highest BCUT2D eigenvalue weighted by molar-refractivity contribution is 9.10. The minimum Gasteiger partial charge on any atom is -0.363 e. The molecule has 0 aliphatic carbocycles. The summed E-state index contributed by atoms with van der Waals surface area (Å²) in [6.07, 6.45) is -5.35. The first-order valence-electron chi connectivity index (χ1n) is 11.2. The third-order valence-electron chi connectivity index (χ3n) is 5.96. The molecule has 2 aromatic carbocycles. The first kappa shape index (κ1) is 29.2. The molecule has 1 aromatic heterocycles. The lowest BCUT2D eigenvalue weighted by Crippen LogP contribution is -2.66. The molecule has 0 bridgehead atoms. The Labute approximate surface area is 243 Å². The number of nitrogens with one attached hydrogen (secondary N) is 2. The Balaban J connectivity index is 1.79. The zero-order valence-electron chi connectivity index (χ0n) is 19.6. The van der Waals surface area contributed by atoms with Gasteiger partial charge in [-0.15, -0.1) is 11.3 Å². The second kappa shape index (κ2) is 11.7. The number of nitriles is 1. The van der Waals surface area contributed by atoms with Crippen molar-refractivity contribution in [1.82, 2.24) is 5.32 Å². The number of amides is 1. The molecular weight excluding hydrogens is 639 g/mol. The van der Waals surface area contributed by atoms with Crippen molar-refractivity contribution in [2.24, 2.45) is 5.92 Å². The number of nitrogens with zero attached hydrogens (tertiary/aromatic N) is 1. The molecule has 0 spiro atoms. The molecule has 1 aliphatic rings. The number of hydrogen-bond acceptors (Lipinski definition) is 7. The van der Waals surface area contributed by atoms with Crippen LogP contribution in [-0.2, 0) is 4.79 Å². The molecule has 0 fully saturated rings. The highest BCUT2D eigenvalue weighted by atomic mass is 79.9. The van der Waals surface area contributed by atoms with Crippen LogP contribution in [0.5, 0.6) is 0 Å². The number of carbonyl (C=O) groups excluding carboxylic acids is 2. The van der Waals surface area contributed by atoms with Crippen LogP contribution in [0.2, 0.25) is 5.02 Å². The Kier molecular flexibility index (Phi) is 8.78. The maximum atomic E-state index is 14.6. The minimum absolute atomic E-state index is 0.0167. The van der Waals surface area contributed by atoms with E-state index >= 15 is 0 Å². The molecule has 0 unspecified atom stereocenters. The molecule has 4 rings (SSSR count). The molecule has 6 nitrogen and oxygen atoms in total. The number of thiophene rings is 1. The van der Waals surface area contributed by atoms with Gasteiger partial charge in [0.1, 0.15) is 0 Å². The molecule has 1 amide bonds. The van der Waals surface area contributed by atoms with Gasteiger partial charge in [-0.25, -0.2) is 0 Å². The lowest BCUT2D eigenvalue weighted by atomic mass is 9.70. The van der Waals surface area contributed by atoms with Crippen molar-refractivity contribution in [2.75, 3.05) is 11.1 Å². The molecule has 202 valence electrons. The van der Waals surface area contributed by atoms with Crippen molar-refractivity contribution < 1.29 is 27.9 Å². The third-order valence-corrected chi connectivity index (χ3v) is 8.73. The standard InChI is InChI=1S/C26H18BrClF3N3O3S2/c27-14-7-9-15(10-8-14)33-20(35)13-39-24-17(12-32)21(16-4-1-2-5-18(16)28)22(23(36)19-6-3-11-38-19)25(37,34-24)26(29,30)31/h1-11,21-22,34,37H,13H2,(H,33,35)/t21-,22-,25-/m1/s1. The number of allylic oxidation sites excluding steroid dienone is 1. The lowest BCUT2D eigenvalue weighted by Gasteiger charge is -2.45. The van der Waals surface area contributed by atoms with Crippen molar-refractivity contribution in [3.05, 3.63) is 96.6 Å². The number of anilines is 1. The Morgan fingerprint density at radius 1 is 1.18 bits per heavy atom. The van der Waals surface area contributed by atoms with Crippen LogP contribution in [0.25, 0.3) is 0 Å². The van der Waals surface area contributed by atoms with E-state index in [1.807, 2.05) is 11.4 Å². The quantitative estimate of drug-likeness (QED) is 0.245. The second-order valence-corrected chi connectivity index (χ2v) is 11.7. The number of thioether (sulfide) groups is 1. The normalized spacial score (nSPS) is 21.2. The zero-order chi connectivity index (χ0) is 28.4. The van der Waals surface area contributed by atoms with E-state index in [9.17, 15) is 33.1 Å². The van der Waals surface area contributed by atoms with Gasteiger partial charge in [0.25, 0.3) is 0 Å². The average molecular weight is 657 g/mol. The lowest BCUT2D eigenvalue weighted by molar-refractivity contribution is -0.285. The van der Waals surface area contributed by atoms with Gasteiger partial charge >= 0.3 is 6.18 Å². The van der Waals surface area contributed by atoms with Gasteiger partial charge in [-0.3, -0.25) is 9.59 Å². The fourth-order valence-electron chi connectivity index (χ4n) is 4.19. The second-order valence-electron chi connectivity index (χ2n) is 8.41. The van der Waals surface area contributed by atoms with Crippen molar-refractivity contribution in [3.8, 4) is 6.07 Å². The Bertz CT molecular complexity index is 1460. The number of Topliss-reactive ketones (excluding diaryl/α,β-unsaturated/α-hetero) is 1. The molecule has 39 heavy (non-hydrogen) atoms. The van der Waals surface area contributed by atoms with E-state index in [0.717, 1.165) is 15.8 Å². The molecular formula is C26H18BrClF3N3O3S2. The van der Waals surface area contributed by atoms with Crippen LogP contribution in [-0.4, -0.2) is 34.5 Å². The number of aliphatic hydroxyl groups is 1. The van der Waals surface area contributed by atoms with Crippen LogP contribution in [0.15, 0.2) is 81.1 Å². The molecule has 3 N–H and O–H groups in total. The Morgan fingerprint density at radius 2 is 1.87 bits per heavy atom. The van der Waals surface area contributed by atoms with Gasteiger partial charge in [0.15, 0.2) is 5.78 Å². The maximum Gasteiger partial charge on any atom is 0.437 e. The van der Waals surface area contributed by atoms with E-state index in [-0.39, 0.29) is 26.1 Å². The highest BCUT2D eigenvalue weighted by Gasteiger charge is 2.66. The van der Waals surface area contributed by atoms with Crippen LogP contribution < -0.4 is 10.6 Å². The monoisotopic (exact) mass is 655 g/mol. The number of rotatable bonds is 7. The molecule has 0 saturated heterocycles. The SMILES string of the molecule is N#CC1=C(SCC(=O)Nc2ccc(Br)cc2)N[C@](O)(C(F)(F)F)[C@@H](C(=O)c2cccs2)[C@@H]1c1ccccc1Cl. The summed E-state index contributed by atoms with van der Waals surface area (Å²) in [5.41, 5.74) is -3.51. The molecule has 3 aromatic rings. The predicted molar refractivity (Wildman–Crippen MR) is 148 cm³/mol. The topological polar surface area (TPSA) is 102 Å². The molecule has 0 saturated carbocycles. The van der Waals surface area contributed by atoms with Crippen molar-refractivity contribution >= 4 is 68.0 Å². The van der Waals surface area contributed by atoms with Gasteiger partial charge in [0.05, 0.1) is 33.2 Å². The molecule has 13 heteroatoms. The van der Waals surface area contributed by atoms with E-state index in [1.54, 1.807) is 30.3 Å². The minimum atomic E-state index is -5.35. The van der Waals surface area contributed by atoms with E-state index < -0.39 is 41.2 Å². The van der Waals surface area contributed by atoms with Gasteiger partial charge in [0.2, 0.25) is 11.6 Å². The summed E-state index contributed by atoms with van der Waals surface area (Å²) in [5.74, 6) is -5.71. The zero-order valence-corrected chi connectivity index (χ0v) is 23.6. The number of carbonyl (C=O) groups is 2. The van der Waals surface area contributed by atoms with Crippen molar-refractivity contribution in [3.63, 3.8) is 0 Å². The summed E-state index contributed by atoms with van der Waals surface area (Å²) in [6.45, 7) is 0. The van der Waals surface area contributed by atoms with Gasteiger partial charge in [0, 0.05) is 21.1 Å². The number of ketones is 1. The van der Waals surface area contributed by atoms with Crippen LogP contribution in [0, 0.1) is 17.2 Å². The van der Waals surface area contributed by atoms with Crippen LogP contribution >= 0.6 is 50.6 Å². The summed E-state index contributed by atoms with van der Waals surface area (Å²) in [7, 11) is 0. The summed E-state index contributed by atoms with van der Waals surface area (Å²) in [4.78, 5) is 26.1. The van der Waals surface area contributed by atoms with Crippen molar-refractivity contribution in [1.29, 1.82) is 5.26 Å². The first-order valence-corrected chi connectivity index (χ1v) is 14.2. The largest absolute Gasteiger partial charge is 0.437 e. The first-order chi connectivity index (χ1) is 18.5. The molecule has 0 radical (unpaired) electrons. The van der Waals surface area contributed by atoms with E-state index in [0.29, 0.717) is 17.4 Å². The number of alkyl halides is 3. The molecule has 2 heterocycles. The van der Waals surface area contributed by atoms with E-state index in [1.165, 1.54) is 35.7 Å². The Hall–Kier alpha value is -2.82. The van der Waals surface area contributed by atoms with Crippen LogP contribution in [0.3, 0.4) is 0 Å². The predicted octanol–water partition coefficient (Wildman–Crippen LogP) is 6.71. The van der Waals surface area contributed by atoms with Gasteiger partial charge in [-0.2, -0.15) is 18.4 Å². The average Bonchev–Trinajstić information content (AvgIpc) is 3.43. The number of benzene rings is 2. The maximum absolute atomic E-state index is 14.6. The number of hydrogen-bond donors (Lipinski definition) is 3. The molecule has 1 aliphatic heterocycles. The summed E-state index contributed by atoms with van der Waals surface area (Å²) >= 11 is 11.2. The van der Waals surface area contributed by atoms with Gasteiger partial charge < -0.3 is 15.7 Å². The van der Waals surface area contributed by atoms with Gasteiger partial charge in [-0.1, -0.05) is 63.6 Å². The third kappa shape index (κ3) is 6.02. The van der Waals surface area contributed by atoms with E-state index in [4.69, 9.17) is 11.6 Å². The molecule has 3 atom stereocenters. The highest BCUT2D eigenvalue weighted by Crippen LogP contribution is 2.52. The fourth-order valence-corrected chi connectivity index (χ4v) is 6.32. The summed E-state index contributed by atoms with van der Waals surface area (Å²) in [5, 5.41) is 27.1. The fraction of sp³-hybridized carbons (Fsp3) is 0.192. The number of halogens is 5. The van der Waals surface area contributed by atoms with Crippen molar-refractivity contribution in [2.45, 2.75) is 17.8 Å². The smallest absolute Gasteiger partial charge is 0.363 e. The van der Waals surface area contributed by atoms with Gasteiger partial charge in [-0.05, 0) is 47.3 Å². The summed E-state index contributed by atoms with van der Waals surface area (Å²) in [6, 6.07) is 17.3.